The normalized spacial score (nSPS) is 14.0. The second-order valence-electron chi connectivity index (χ2n) is 5.58. The highest BCUT2D eigenvalue weighted by atomic mass is 16.1. The highest BCUT2D eigenvalue weighted by Crippen LogP contribution is 2.17. The Hall–Kier alpha value is -2.66. The zero-order valence-corrected chi connectivity index (χ0v) is 13.7. The maximum Gasteiger partial charge on any atom is 0.250 e. The van der Waals surface area contributed by atoms with E-state index in [2.05, 4.69) is 10.3 Å². The molecule has 0 atom stereocenters. The number of amides is 1. The van der Waals surface area contributed by atoms with Crippen molar-refractivity contribution in [1.29, 1.82) is 0 Å². The number of anilines is 1. The quantitative estimate of drug-likeness (QED) is 0.598. The number of hydrogen-bond acceptors (Lipinski definition) is 4. The van der Waals surface area contributed by atoms with Gasteiger partial charge in [-0.25, -0.2) is 0 Å². The maximum absolute atomic E-state index is 11.1. The van der Waals surface area contributed by atoms with Crippen LogP contribution in [-0.4, -0.2) is 25.2 Å². The van der Waals surface area contributed by atoms with Gasteiger partial charge in [0.25, 0.3) is 5.91 Å². The molecule has 1 fully saturated rings. The molecule has 1 aliphatic heterocycles. The molecule has 0 spiro atoms. The Kier molecular flexibility index (Phi) is 6.98. The van der Waals surface area contributed by atoms with Crippen molar-refractivity contribution in [3.8, 4) is 0 Å². The van der Waals surface area contributed by atoms with Crippen LogP contribution < -0.4 is 16.8 Å². The van der Waals surface area contributed by atoms with Crippen molar-refractivity contribution in [2.75, 3.05) is 18.8 Å². The summed E-state index contributed by atoms with van der Waals surface area (Å²) in [6, 6.07) is 14.6. The van der Waals surface area contributed by atoms with Crippen molar-refractivity contribution in [3.05, 3.63) is 59.7 Å². The number of carbonyl (C=O) groups excluding carboxylic acids is 1. The number of benzene rings is 2. The zero-order chi connectivity index (χ0) is 17.2. The number of nitrogen functional groups attached to an aromatic ring is 1. The van der Waals surface area contributed by atoms with Gasteiger partial charge in [0.1, 0.15) is 0 Å². The topological polar surface area (TPSA) is 93.5 Å². The summed E-state index contributed by atoms with van der Waals surface area (Å²) in [5.41, 5.74) is 13.2. The fourth-order valence-corrected chi connectivity index (χ4v) is 2.37. The van der Waals surface area contributed by atoms with E-state index < -0.39 is 5.91 Å². The second-order valence-corrected chi connectivity index (χ2v) is 5.58. The highest BCUT2D eigenvalue weighted by Gasteiger charge is 2.07. The minimum absolute atomic E-state index is 0.312. The fraction of sp³-hybridized carbons (Fsp3) is 0.263. The van der Waals surface area contributed by atoms with E-state index in [0.717, 1.165) is 5.69 Å². The molecule has 0 aromatic heterocycles. The monoisotopic (exact) mass is 324 g/mol. The molecule has 2 aromatic carbocycles. The summed E-state index contributed by atoms with van der Waals surface area (Å²) in [6.45, 7) is 2.50. The first kappa shape index (κ1) is 17.7. The molecule has 0 bridgehead atoms. The predicted molar refractivity (Wildman–Crippen MR) is 99.8 cm³/mol. The van der Waals surface area contributed by atoms with E-state index in [1.165, 1.54) is 32.4 Å². The van der Waals surface area contributed by atoms with E-state index in [4.69, 9.17) is 11.5 Å². The van der Waals surface area contributed by atoms with Gasteiger partial charge in [0, 0.05) is 11.8 Å². The predicted octanol–water partition coefficient (Wildman–Crippen LogP) is 2.88. The molecule has 1 amide bonds. The van der Waals surface area contributed by atoms with Gasteiger partial charge in [-0.1, -0.05) is 36.8 Å². The molecule has 5 nitrogen and oxygen atoms in total. The smallest absolute Gasteiger partial charge is 0.250 e. The highest BCUT2D eigenvalue weighted by molar-refractivity contribution is 6.02. The molecule has 0 radical (unpaired) electrons. The number of hydrogen-bond donors (Lipinski definition) is 3. The van der Waals surface area contributed by atoms with Gasteiger partial charge in [0.15, 0.2) is 0 Å². The van der Waals surface area contributed by atoms with Crippen LogP contribution in [0, 0.1) is 0 Å². The van der Waals surface area contributed by atoms with Crippen molar-refractivity contribution in [2.24, 2.45) is 10.7 Å². The first-order valence-corrected chi connectivity index (χ1v) is 8.16. The number of para-hydroxylation sites is 2. The number of nitrogens with one attached hydrogen (secondary N) is 1. The number of piperidine rings is 1. The van der Waals surface area contributed by atoms with Crippen LogP contribution in [0.4, 0.5) is 11.4 Å². The maximum atomic E-state index is 11.1. The minimum atomic E-state index is -0.539. The molecule has 2 aromatic rings. The summed E-state index contributed by atoms with van der Waals surface area (Å²) in [7, 11) is 0. The Morgan fingerprint density at radius 2 is 1.71 bits per heavy atom. The number of aliphatic imine (C=N–C) groups is 1. The number of rotatable bonds is 3. The van der Waals surface area contributed by atoms with Crippen LogP contribution in [0.25, 0.3) is 0 Å². The zero-order valence-electron chi connectivity index (χ0n) is 13.7. The minimum Gasteiger partial charge on any atom is -0.398 e. The van der Waals surface area contributed by atoms with E-state index in [9.17, 15) is 4.79 Å². The van der Waals surface area contributed by atoms with Crippen LogP contribution in [0.5, 0.6) is 0 Å². The van der Waals surface area contributed by atoms with Gasteiger partial charge < -0.3 is 16.8 Å². The van der Waals surface area contributed by atoms with Gasteiger partial charge in [0.2, 0.25) is 0 Å². The molecule has 1 heterocycles. The van der Waals surface area contributed by atoms with Crippen molar-refractivity contribution in [3.63, 3.8) is 0 Å². The Labute approximate surface area is 142 Å². The summed E-state index contributed by atoms with van der Waals surface area (Å²) in [6.07, 6.45) is 5.84. The standard InChI is InChI=1S/C14H13N3O.C5H11N/c15-13-10(5-4-8-12(13)14(16)18)9-17-11-6-2-1-3-7-11;1-2-4-6-5-3-1/h1-9H,15H2,(H2,16,18);6H,1-5H2. The molecule has 5 heteroatoms. The summed E-state index contributed by atoms with van der Waals surface area (Å²) in [5.74, 6) is -0.539. The molecule has 0 saturated carbocycles. The van der Waals surface area contributed by atoms with E-state index in [1.807, 2.05) is 30.3 Å². The van der Waals surface area contributed by atoms with Crippen LogP contribution in [0.1, 0.15) is 35.2 Å². The molecular weight excluding hydrogens is 300 g/mol. The third kappa shape index (κ3) is 5.52. The van der Waals surface area contributed by atoms with Crippen LogP contribution in [-0.2, 0) is 0 Å². The van der Waals surface area contributed by atoms with Gasteiger partial charge in [-0.15, -0.1) is 0 Å². The molecule has 3 rings (SSSR count). The van der Waals surface area contributed by atoms with Gasteiger partial charge in [0.05, 0.1) is 16.9 Å². The summed E-state index contributed by atoms with van der Waals surface area (Å²) < 4.78 is 0. The fourth-order valence-electron chi connectivity index (χ4n) is 2.37. The lowest BCUT2D eigenvalue weighted by molar-refractivity contribution is 0.100. The first-order chi connectivity index (χ1) is 11.7. The number of carbonyl (C=O) groups is 1. The first-order valence-electron chi connectivity index (χ1n) is 8.16. The lowest BCUT2D eigenvalue weighted by Crippen LogP contribution is -2.21. The summed E-state index contributed by atoms with van der Waals surface area (Å²) >= 11 is 0. The van der Waals surface area contributed by atoms with Crippen LogP contribution in [0.2, 0.25) is 0 Å². The van der Waals surface area contributed by atoms with Crippen molar-refractivity contribution < 1.29 is 4.79 Å². The molecule has 24 heavy (non-hydrogen) atoms. The molecule has 0 aliphatic carbocycles. The van der Waals surface area contributed by atoms with Crippen LogP contribution in [0.15, 0.2) is 53.5 Å². The summed E-state index contributed by atoms with van der Waals surface area (Å²) in [4.78, 5) is 15.4. The van der Waals surface area contributed by atoms with E-state index in [0.29, 0.717) is 16.8 Å². The Balaban J connectivity index is 0.000000292. The van der Waals surface area contributed by atoms with Crippen molar-refractivity contribution >= 4 is 23.5 Å². The largest absolute Gasteiger partial charge is 0.398 e. The average molecular weight is 324 g/mol. The molecule has 126 valence electrons. The lowest BCUT2D eigenvalue weighted by atomic mass is 10.1. The lowest BCUT2D eigenvalue weighted by Gasteiger charge is -2.08. The molecule has 0 unspecified atom stereocenters. The Bertz CT molecular complexity index is 668. The number of nitrogens with two attached hydrogens (primary N) is 2. The van der Waals surface area contributed by atoms with Gasteiger partial charge in [-0.05, 0) is 44.1 Å². The van der Waals surface area contributed by atoms with Crippen molar-refractivity contribution in [2.45, 2.75) is 19.3 Å². The molecule has 5 N–H and O–H groups in total. The molecule has 1 aliphatic rings. The van der Waals surface area contributed by atoms with Gasteiger partial charge in [-0.3, -0.25) is 9.79 Å². The average Bonchev–Trinajstić information content (AvgIpc) is 2.63. The second kappa shape index (κ2) is 9.47. The van der Waals surface area contributed by atoms with Gasteiger partial charge >= 0.3 is 0 Å². The van der Waals surface area contributed by atoms with Crippen LogP contribution in [0.3, 0.4) is 0 Å². The number of primary amides is 1. The van der Waals surface area contributed by atoms with Crippen molar-refractivity contribution in [1.82, 2.24) is 5.32 Å². The van der Waals surface area contributed by atoms with E-state index >= 15 is 0 Å². The molecular formula is C19H24N4O. The van der Waals surface area contributed by atoms with Gasteiger partial charge in [-0.2, -0.15) is 0 Å². The van der Waals surface area contributed by atoms with E-state index in [-0.39, 0.29) is 0 Å². The van der Waals surface area contributed by atoms with E-state index in [1.54, 1.807) is 24.4 Å². The van der Waals surface area contributed by atoms with Crippen LogP contribution >= 0.6 is 0 Å². The Morgan fingerprint density at radius 3 is 2.25 bits per heavy atom. The molecule has 1 saturated heterocycles. The Morgan fingerprint density at radius 1 is 1.00 bits per heavy atom. The SMILES string of the molecule is C1CCNCC1.NC(=O)c1cccc(C=Nc2ccccc2)c1N. The summed E-state index contributed by atoms with van der Waals surface area (Å²) in [5, 5.41) is 3.28. The number of nitrogens with zero attached hydrogens (tertiary/aromatic N) is 1. The third-order valence-electron chi connectivity index (χ3n) is 3.72. The third-order valence-corrected chi connectivity index (χ3v) is 3.72.